The topological polar surface area (TPSA) is 95.9 Å². The fourth-order valence-corrected chi connectivity index (χ4v) is 1.21. The summed E-state index contributed by atoms with van der Waals surface area (Å²) in [5.74, 6) is -1.97. The largest absolute Gasteiger partial charge is 0.480 e. The molecule has 6 nitrogen and oxygen atoms in total. The van der Waals surface area contributed by atoms with Crippen molar-refractivity contribution < 1.29 is 24.5 Å². The van der Waals surface area contributed by atoms with Gasteiger partial charge < -0.3 is 20.3 Å². The summed E-state index contributed by atoms with van der Waals surface area (Å²) in [6.45, 7) is 0.0168. The summed E-state index contributed by atoms with van der Waals surface area (Å²) < 4.78 is 4.92. The van der Waals surface area contributed by atoms with Gasteiger partial charge in [0.1, 0.15) is 12.6 Å². The first-order chi connectivity index (χ1) is 6.09. The lowest BCUT2D eigenvalue weighted by Crippen LogP contribution is -2.30. The van der Waals surface area contributed by atoms with Crippen LogP contribution in [0.5, 0.6) is 0 Å². The molecule has 0 aromatic heterocycles. The Bertz CT molecular complexity index is 217. The number of carbonyl (C=O) groups is 2. The van der Waals surface area contributed by atoms with E-state index in [0.29, 0.717) is 13.0 Å². The Morgan fingerprint density at radius 2 is 2.15 bits per heavy atom. The van der Waals surface area contributed by atoms with Gasteiger partial charge in [0.15, 0.2) is 0 Å². The summed E-state index contributed by atoms with van der Waals surface area (Å²) >= 11 is 0. The highest BCUT2D eigenvalue weighted by Gasteiger charge is 2.29. The molecule has 1 aliphatic rings. The molecule has 3 N–H and O–H groups in total. The van der Waals surface area contributed by atoms with Crippen LogP contribution in [0, 0.1) is 0 Å². The van der Waals surface area contributed by atoms with Crippen molar-refractivity contribution in [2.24, 2.45) is 0 Å². The zero-order chi connectivity index (χ0) is 9.84. The highest BCUT2D eigenvalue weighted by atomic mass is 16.5. The minimum absolute atomic E-state index is 0.308. The van der Waals surface area contributed by atoms with Crippen molar-refractivity contribution in [3.63, 3.8) is 0 Å². The molecular formula is C7H11NO5. The number of aliphatic carboxylic acids is 2. The Balaban J connectivity index is 2.25. The Hall–Kier alpha value is -1.14. The molecule has 0 amide bonds. The maximum absolute atomic E-state index is 10.5. The summed E-state index contributed by atoms with van der Waals surface area (Å²) in [4.78, 5) is 20.6. The van der Waals surface area contributed by atoms with Crippen molar-refractivity contribution in [1.82, 2.24) is 5.32 Å². The molecule has 0 aromatic carbocycles. The second-order valence-electron chi connectivity index (χ2n) is 2.86. The molecule has 1 aliphatic heterocycles. The lowest BCUT2D eigenvalue weighted by atomic mass is 10.2. The highest BCUT2D eigenvalue weighted by molar-refractivity contribution is 5.74. The van der Waals surface area contributed by atoms with Crippen LogP contribution in [0.2, 0.25) is 0 Å². The van der Waals surface area contributed by atoms with Crippen molar-refractivity contribution in [1.29, 1.82) is 0 Å². The number of nitrogens with one attached hydrogen (secondary N) is 1. The van der Waals surface area contributed by atoms with Crippen LogP contribution in [-0.2, 0) is 14.3 Å². The second-order valence-corrected chi connectivity index (χ2v) is 2.86. The molecule has 0 unspecified atom stereocenters. The zero-order valence-electron chi connectivity index (χ0n) is 6.90. The van der Waals surface area contributed by atoms with Gasteiger partial charge in [-0.05, 0) is 0 Å². The van der Waals surface area contributed by atoms with E-state index in [4.69, 9.17) is 14.9 Å². The first-order valence-corrected chi connectivity index (χ1v) is 3.89. The van der Waals surface area contributed by atoms with Gasteiger partial charge in [-0.25, -0.2) is 4.79 Å². The molecule has 1 rings (SSSR count). The van der Waals surface area contributed by atoms with Crippen LogP contribution in [0.25, 0.3) is 0 Å². The predicted molar refractivity (Wildman–Crippen MR) is 41.4 cm³/mol. The van der Waals surface area contributed by atoms with Crippen LogP contribution in [0.1, 0.15) is 6.42 Å². The average Bonchev–Trinajstić information content (AvgIpc) is 2.48. The van der Waals surface area contributed by atoms with Gasteiger partial charge in [0.2, 0.25) is 0 Å². The SMILES string of the molecule is O=C(O)CO[C@@H]1CN[C@H](C(=O)O)C1. The summed E-state index contributed by atoms with van der Waals surface area (Å²) in [6.07, 6.45) is 0.0139. The maximum atomic E-state index is 10.5. The van der Waals surface area contributed by atoms with Gasteiger partial charge in [-0.2, -0.15) is 0 Å². The van der Waals surface area contributed by atoms with Gasteiger partial charge in [-0.3, -0.25) is 4.79 Å². The molecule has 0 aliphatic carbocycles. The molecule has 13 heavy (non-hydrogen) atoms. The van der Waals surface area contributed by atoms with Crippen molar-refractivity contribution >= 4 is 11.9 Å². The summed E-state index contributed by atoms with van der Waals surface area (Å²) in [5, 5.41) is 19.6. The summed E-state index contributed by atoms with van der Waals surface area (Å²) in [7, 11) is 0. The molecule has 1 heterocycles. The fourth-order valence-electron chi connectivity index (χ4n) is 1.21. The standard InChI is InChI=1S/C7H11NO5/c9-6(10)3-13-4-1-5(7(11)12)8-2-4/h4-5,8H,1-3H2,(H,9,10)(H,11,12)/t4-,5-/m0/s1. The molecule has 1 fully saturated rings. The smallest absolute Gasteiger partial charge is 0.329 e. The number of carboxylic acids is 2. The van der Waals surface area contributed by atoms with E-state index in [1.165, 1.54) is 0 Å². The van der Waals surface area contributed by atoms with E-state index in [9.17, 15) is 9.59 Å². The third kappa shape index (κ3) is 3.00. The number of rotatable bonds is 4. The van der Waals surface area contributed by atoms with E-state index >= 15 is 0 Å². The van der Waals surface area contributed by atoms with Crippen LogP contribution in [-0.4, -0.2) is 47.4 Å². The van der Waals surface area contributed by atoms with Crippen LogP contribution in [0.15, 0.2) is 0 Å². The summed E-state index contributed by atoms with van der Waals surface area (Å²) in [6, 6.07) is -0.612. The van der Waals surface area contributed by atoms with Gasteiger partial charge >= 0.3 is 11.9 Å². The van der Waals surface area contributed by atoms with E-state index in [-0.39, 0.29) is 12.7 Å². The van der Waals surface area contributed by atoms with Gasteiger partial charge in [0, 0.05) is 13.0 Å². The Labute approximate surface area is 74.5 Å². The molecule has 0 radical (unpaired) electrons. The maximum Gasteiger partial charge on any atom is 0.329 e. The molecule has 0 spiro atoms. The van der Waals surface area contributed by atoms with Gasteiger partial charge in [-0.15, -0.1) is 0 Å². The minimum atomic E-state index is -1.04. The highest BCUT2D eigenvalue weighted by Crippen LogP contribution is 2.10. The Morgan fingerprint density at radius 1 is 1.46 bits per heavy atom. The lowest BCUT2D eigenvalue weighted by molar-refractivity contribution is -0.144. The predicted octanol–water partition coefficient (Wildman–Crippen LogP) is -1.10. The van der Waals surface area contributed by atoms with Crippen molar-refractivity contribution in [2.45, 2.75) is 18.6 Å². The van der Waals surface area contributed by atoms with Crippen LogP contribution in [0.3, 0.4) is 0 Å². The van der Waals surface area contributed by atoms with Crippen molar-refractivity contribution in [3.05, 3.63) is 0 Å². The summed E-state index contributed by atoms with van der Waals surface area (Å²) in [5.41, 5.74) is 0. The molecule has 0 bridgehead atoms. The minimum Gasteiger partial charge on any atom is -0.480 e. The molecule has 0 aromatic rings. The second kappa shape index (κ2) is 4.20. The first-order valence-electron chi connectivity index (χ1n) is 3.89. The fraction of sp³-hybridized carbons (Fsp3) is 0.714. The van der Waals surface area contributed by atoms with E-state index < -0.39 is 18.0 Å². The molecule has 74 valence electrons. The molecular weight excluding hydrogens is 178 g/mol. The third-order valence-electron chi connectivity index (χ3n) is 1.83. The van der Waals surface area contributed by atoms with Gasteiger partial charge in [-0.1, -0.05) is 0 Å². The number of carboxylic acid groups (broad SMARTS) is 2. The number of hydrogen-bond donors (Lipinski definition) is 3. The first kappa shape index (κ1) is 9.94. The molecule has 0 saturated carbocycles. The monoisotopic (exact) mass is 189 g/mol. The van der Waals surface area contributed by atoms with Crippen LogP contribution < -0.4 is 5.32 Å². The van der Waals surface area contributed by atoms with E-state index in [2.05, 4.69) is 5.32 Å². The quantitative estimate of drug-likeness (QED) is 0.519. The zero-order valence-corrected chi connectivity index (χ0v) is 6.90. The van der Waals surface area contributed by atoms with Crippen LogP contribution >= 0.6 is 0 Å². The normalized spacial score (nSPS) is 27.4. The van der Waals surface area contributed by atoms with Crippen LogP contribution in [0.4, 0.5) is 0 Å². The van der Waals surface area contributed by atoms with Gasteiger partial charge in [0.25, 0.3) is 0 Å². The van der Waals surface area contributed by atoms with Gasteiger partial charge in [0.05, 0.1) is 6.10 Å². The Kier molecular flexibility index (Phi) is 3.21. The number of hydrogen-bond acceptors (Lipinski definition) is 4. The Morgan fingerprint density at radius 3 is 2.62 bits per heavy atom. The van der Waals surface area contributed by atoms with E-state index in [1.807, 2.05) is 0 Å². The van der Waals surface area contributed by atoms with E-state index in [0.717, 1.165) is 0 Å². The van der Waals surface area contributed by atoms with Crippen molar-refractivity contribution in [2.75, 3.05) is 13.2 Å². The third-order valence-corrected chi connectivity index (χ3v) is 1.83. The molecule has 6 heteroatoms. The molecule has 1 saturated heterocycles. The van der Waals surface area contributed by atoms with E-state index in [1.54, 1.807) is 0 Å². The number of ether oxygens (including phenoxy) is 1. The van der Waals surface area contributed by atoms with Crippen molar-refractivity contribution in [3.8, 4) is 0 Å². The average molecular weight is 189 g/mol. The lowest BCUT2D eigenvalue weighted by Gasteiger charge is -2.07. The molecule has 2 atom stereocenters.